The molecule has 1 heterocycles. The average molecular weight is 199 g/mol. The lowest BCUT2D eigenvalue weighted by molar-refractivity contribution is 0.404. The van der Waals surface area contributed by atoms with Crippen LogP contribution in [0.1, 0.15) is 26.5 Å². The lowest BCUT2D eigenvalue weighted by Gasteiger charge is -2.25. The molecule has 0 aromatic carbocycles. The molecular weight excluding hydrogens is 184 g/mol. The van der Waals surface area contributed by atoms with Gasteiger partial charge in [0.2, 0.25) is 0 Å². The van der Waals surface area contributed by atoms with Crippen molar-refractivity contribution >= 4 is 11.6 Å². The first kappa shape index (κ1) is 10.5. The highest BCUT2D eigenvalue weighted by Gasteiger charge is 2.20. The van der Waals surface area contributed by atoms with Gasteiger partial charge in [-0.3, -0.25) is 4.98 Å². The zero-order chi connectivity index (χ0) is 9.90. The van der Waals surface area contributed by atoms with Crippen LogP contribution in [-0.2, 0) is 5.54 Å². The van der Waals surface area contributed by atoms with E-state index in [1.165, 1.54) is 0 Å². The first-order valence-corrected chi connectivity index (χ1v) is 4.81. The molecule has 1 N–H and O–H groups in total. The molecule has 0 aliphatic heterocycles. The molecular formula is C10H15ClN2. The smallest absolute Gasteiger partial charge is 0.0613 e. The van der Waals surface area contributed by atoms with Gasteiger partial charge in [0.25, 0.3) is 0 Å². The topological polar surface area (TPSA) is 24.9 Å². The summed E-state index contributed by atoms with van der Waals surface area (Å²) in [5, 5.41) is 4.08. The van der Waals surface area contributed by atoms with Gasteiger partial charge in [-0.25, -0.2) is 0 Å². The van der Waals surface area contributed by atoms with Crippen LogP contribution >= 0.6 is 11.6 Å². The zero-order valence-electron chi connectivity index (χ0n) is 8.26. The molecule has 1 aromatic rings. The molecule has 3 heteroatoms. The second kappa shape index (κ2) is 4.07. The quantitative estimate of drug-likeness (QED) is 0.808. The fourth-order valence-electron chi connectivity index (χ4n) is 1.28. The Labute approximate surface area is 84.3 Å². The van der Waals surface area contributed by atoms with E-state index in [1.807, 2.05) is 6.07 Å². The summed E-state index contributed by atoms with van der Waals surface area (Å²) in [5.41, 5.74) is 0.862. The van der Waals surface area contributed by atoms with Crippen molar-refractivity contribution in [1.29, 1.82) is 0 Å². The maximum Gasteiger partial charge on any atom is 0.0613 e. The van der Waals surface area contributed by atoms with Crippen molar-refractivity contribution < 1.29 is 0 Å². The maximum absolute atomic E-state index is 5.88. The minimum absolute atomic E-state index is 0.111. The molecule has 13 heavy (non-hydrogen) atoms. The summed E-state index contributed by atoms with van der Waals surface area (Å²) in [7, 11) is 0. The zero-order valence-corrected chi connectivity index (χ0v) is 9.02. The molecule has 0 spiro atoms. The van der Waals surface area contributed by atoms with E-state index in [1.54, 1.807) is 12.3 Å². The van der Waals surface area contributed by atoms with Gasteiger partial charge in [0.15, 0.2) is 0 Å². The Kier molecular flexibility index (Phi) is 3.28. The minimum Gasteiger partial charge on any atom is -0.307 e. The van der Waals surface area contributed by atoms with E-state index in [0.29, 0.717) is 0 Å². The van der Waals surface area contributed by atoms with Crippen LogP contribution in [0.25, 0.3) is 0 Å². The summed E-state index contributed by atoms with van der Waals surface area (Å²) >= 11 is 5.88. The monoisotopic (exact) mass is 198 g/mol. The molecule has 1 aromatic heterocycles. The van der Waals surface area contributed by atoms with Gasteiger partial charge in [0.05, 0.1) is 11.2 Å². The first-order chi connectivity index (χ1) is 6.06. The Morgan fingerprint density at radius 2 is 2.23 bits per heavy atom. The molecule has 0 amide bonds. The van der Waals surface area contributed by atoms with Gasteiger partial charge < -0.3 is 5.32 Å². The lowest BCUT2D eigenvalue weighted by Crippen LogP contribution is -2.36. The number of nitrogens with one attached hydrogen (secondary N) is 1. The summed E-state index contributed by atoms with van der Waals surface area (Å²) in [5.74, 6) is 0. The third-order valence-electron chi connectivity index (χ3n) is 1.98. The SMILES string of the molecule is CCNC(C)(C)c1cc(Cl)ccn1. The second-order valence-corrected chi connectivity index (χ2v) is 3.95. The van der Waals surface area contributed by atoms with E-state index in [0.717, 1.165) is 17.3 Å². The maximum atomic E-state index is 5.88. The number of rotatable bonds is 3. The Hall–Kier alpha value is -0.600. The number of nitrogens with zero attached hydrogens (tertiary/aromatic N) is 1. The summed E-state index contributed by atoms with van der Waals surface area (Å²) in [6.07, 6.45) is 1.73. The molecule has 1 rings (SSSR count). The summed E-state index contributed by atoms with van der Waals surface area (Å²) in [6, 6.07) is 3.68. The lowest BCUT2D eigenvalue weighted by atomic mass is 10.00. The van der Waals surface area contributed by atoms with E-state index >= 15 is 0 Å². The number of pyridine rings is 1. The molecule has 0 atom stereocenters. The second-order valence-electron chi connectivity index (χ2n) is 3.51. The van der Waals surface area contributed by atoms with Gasteiger partial charge in [-0.05, 0) is 32.5 Å². The average Bonchev–Trinajstić information content (AvgIpc) is 2.04. The van der Waals surface area contributed by atoms with Gasteiger partial charge in [-0.2, -0.15) is 0 Å². The van der Waals surface area contributed by atoms with Crippen molar-refractivity contribution in [2.45, 2.75) is 26.3 Å². The van der Waals surface area contributed by atoms with Crippen LogP contribution in [0, 0.1) is 0 Å². The third kappa shape index (κ3) is 2.68. The van der Waals surface area contributed by atoms with Crippen molar-refractivity contribution in [1.82, 2.24) is 10.3 Å². The Balaban J connectivity index is 2.93. The van der Waals surface area contributed by atoms with E-state index in [9.17, 15) is 0 Å². The molecule has 0 fully saturated rings. The number of hydrogen-bond acceptors (Lipinski definition) is 2. The normalized spacial score (nSPS) is 11.7. The summed E-state index contributed by atoms with van der Waals surface area (Å²) in [4.78, 5) is 4.28. The summed E-state index contributed by atoms with van der Waals surface area (Å²) in [6.45, 7) is 7.18. The molecule has 0 aliphatic carbocycles. The standard InChI is InChI=1S/C10H15ClN2/c1-4-13-10(2,3)9-7-8(11)5-6-12-9/h5-7,13H,4H2,1-3H3. The largest absolute Gasteiger partial charge is 0.307 e. The molecule has 0 radical (unpaired) electrons. The molecule has 0 saturated heterocycles. The van der Waals surface area contributed by atoms with Crippen LogP contribution in [0.2, 0.25) is 5.02 Å². The van der Waals surface area contributed by atoms with Crippen molar-refractivity contribution in [3.05, 3.63) is 29.0 Å². The van der Waals surface area contributed by atoms with E-state index in [-0.39, 0.29) is 5.54 Å². The summed E-state index contributed by atoms with van der Waals surface area (Å²) < 4.78 is 0. The molecule has 0 bridgehead atoms. The first-order valence-electron chi connectivity index (χ1n) is 4.43. The number of aromatic nitrogens is 1. The molecule has 0 unspecified atom stereocenters. The van der Waals surface area contributed by atoms with Crippen molar-refractivity contribution in [2.75, 3.05) is 6.54 Å². The molecule has 0 saturated carbocycles. The fraction of sp³-hybridized carbons (Fsp3) is 0.500. The van der Waals surface area contributed by atoms with Crippen LogP contribution in [0.15, 0.2) is 18.3 Å². The van der Waals surface area contributed by atoms with Gasteiger partial charge in [-0.1, -0.05) is 18.5 Å². The van der Waals surface area contributed by atoms with Crippen LogP contribution in [0.5, 0.6) is 0 Å². The molecule has 0 aliphatic rings. The van der Waals surface area contributed by atoms with Crippen molar-refractivity contribution in [3.63, 3.8) is 0 Å². The van der Waals surface area contributed by atoms with Crippen LogP contribution in [0.4, 0.5) is 0 Å². The van der Waals surface area contributed by atoms with E-state index < -0.39 is 0 Å². The molecule has 2 nitrogen and oxygen atoms in total. The van der Waals surface area contributed by atoms with Crippen LogP contribution < -0.4 is 5.32 Å². The fourth-order valence-corrected chi connectivity index (χ4v) is 1.44. The minimum atomic E-state index is -0.111. The van der Waals surface area contributed by atoms with Gasteiger partial charge in [0.1, 0.15) is 0 Å². The molecule has 72 valence electrons. The number of hydrogen-bond donors (Lipinski definition) is 1. The van der Waals surface area contributed by atoms with Crippen molar-refractivity contribution in [3.8, 4) is 0 Å². The van der Waals surface area contributed by atoms with E-state index in [2.05, 4.69) is 31.1 Å². The highest BCUT2D eigenvalue weighted by atomic mass is 35.5. The van der Waals surface area contributed by atoms with Gasteiger partial charge in [0, 0.05) is 11.2 Å². The third-order valence-corrected chi connectivity index (χ3v) is 2.22. The Morgan fingerprint density at radius 1 is 1.54 bits per heavy atom. The van der Waals surface area contributed by atoms with Crippen LogP contribution in [0.3, 0.4) is 0 Å². The highest BCUT2D eigenvalue weighted by Crippen LogP contribution is 2.20. The van der Waals surface area contributed by atoms with Gasteiger partial charge >= 0.3 is 0 Å². The van der Waals surface area contributed by atoms with Crippen LogP contribution in [-0.4, -0.2) is 11.5 Å². The predicted octanol–water partition coefficient (Wildman–Crippen LogP) is 2.58. The Bertz CT molecular complexity index is 284. The van der Waals surface area contributed by atoms with Crippen molar-refractivity contribution in [2.24, 2.45) is 0 Å². The number of halogens is 1. The highest BCUT2D eigenvalue weighted by molar-refractivity contribution is 6.30. The Morgan fingerprint density at radius 3 is 2.77 bits per heavy atom. The predicted molar refractivity (Wildman–Crippen MR) is 55.9 cm³/mol. The van der Waals surface area contributed by atoms with Gasteiger partial charge in [-0.15, -0.1) is 0 Å². The van der Waals surface area contributed by atoms with E-state index in [4.69, 9.17) is 11.6 Å².